The monoisotopic (exact) mass is 204 g/mol. The number of ether oxygens (including phenoxy) is 2. The molecule has 76 valence electrons. The van der Waals surface area contributed by atoms with Crippen LogP contribution in [0.25, 0.3) is 0 Å². The van der Waals surface area contributed by atoms with Crippen molar-refractivity contribution < 1.29 is 14.0 Å². The molecule has 0 unspecified atom stereocenters. The van der Waals surface area contributed by atoms with Crippen molar-refractivity contribution in [3.05, 3.63) is 0 Å². The molecule has 0 radical (unpaired) electrons. The van der Waals surface area contributed by atoms with E-state index < -0.39 is 17.0 Å². The lowest BCUT2D eigenvalue weighted by molar-refractivity contribution is -0.145. The minimum atomic E-state index is -0.753. The predicted octanol–water partition coefficient (Wildman–Crippen LogP) is 1.05. The van der Waals surface area contributed by atoms with Crippen molar-refractivity contribution in [1.29, 1.82) is 0 Å². The van der Waals surface area contributed by atoms with Gasteiger partial charge in [-0.15, -0.1) is 0 Å². The molecule has 0 bridgehead atoms. The summed E-state index contributed by atoms with van der Waals surface area (Å²) in [5, 5.41) is 0.173. The first-order chi connectivity index (χ1) is 6.03. The Morgan fingerprint density at radius 1 is 1.46 bits per heavy atom. The van der Waals surface area contributed by atoms with Crippen LogP contribution in [0.2, 0.25) is 0 Å². The van der Waals surface area contributed by atoms with Crippen molar-refractivity contribution in [3.63, 3.8) is 0 Å². The lowest BCUT2D eigenvalue weighted by atomic mass is 10.1. The molecule has 0 spiro atoms. The fourth-order valence-corrected chi connectivity index (χ4v) is 3.89. The summed E-state index contributed by atoms with van der Waals surface area (Å²) >= 11 is -0.753. The molecule has 2 fully saturated rings. The summed E-state index contributed by atoms with van der Waals surface area (Å²) in [4.78, 5) is 0. The number of hydrogen-bond acceptors (Lipinski definition) is 3. The third-order valence-corrected chi connectivity index (χ3v) is 4.59. The van der Waals surface area contributed by atoms with Gasteiger partial charge in [0.05, 0.1) is 0 Å². The van der Waals surface area contributed by atoms with E-state index in [1.165, 1.54) is 0 Å². The summed E-state index contributed by atoms with van der Waals surface area (Å²) < 4.78 is 23.0. The van der Waals surface area contributed by atoms with Crippen LogP contribution in [0, 0.1) is 0 Å². The summed E-state index contributed by atoms with van der Waals surface area (Å²) in [7, 11) is 0. The molecule has 3 nitrogen and oxygen atoms in total. The topological polar surface area (TPSA) is 41.5 Å². The Kier molecular flexibility index (Phi) is 2.35. The molecular formula is C9H16O3S. The van der Waals surface area contributed by atoms with Gasteiger partial charge in [-0.2, -0.15) is 0 Å². The maximum Gasteiger partial charge on any atom is 0.164 e. The van der Waals surface area contributed by atoms with Gasteiger partial charge in [0.25, 0.3) is 0 Å². The Labute approximate surface area is 82.0 Å². The van der Waals surface area contributed by atoms with Gasteiger partial charge >= 0.3 is 0 Å². The SMILES string of the molecule is CC[C@@H]1[C@H]2OC(C)(C)O[C@H]2C[S@@+]1[O-]. The molecule has 0 aromatic rings. The lowest BCUT2D eigenvalue weighted by Crippen LogP contribution is -2.31. The first-order valence-electron chi connectivity index (χ1n) is 4.76. The average molecular weight is 204 g/mol. The van der Waals surface area contributed by atoms with Gasteiger partial charge in [-0.1, -0.05) is 6.92 Å². The van der Waals surface area contributed by atoms with Gasteiger partial charge in [0.1, 0.15) is 23.2 Å². The number of hydrogen-bond donors (Lipinski definition) is 0. The summed E-state index contributed by atoms with van der Waals surface area (Å²) in [6, 6.07) is 0. The molecule has 0 aromatic carbocycles. The number of fused-ring (bicyclic) bond motifs is 1. The largest absolute Gasteiger partial charge is 0.616 e. The van der Waals surface area contributed by atoms with Crippen LogP contribution in [-0.2, 0) is 20.6 Å². The van der Waals surface area contributed by atoms with Crippen LogP contribution < -0.4 is 0 Å². The highest BCUT2D eigenvalue weighted by molar-refractivity contribution is 7.92. The molecule has 2 rings (SSSR count). The van der Waals surface area contributed by atoms with E-state index >= 15 is 0 Å². The Hall–Kier alpha value is 0.230. The van der Waals surface area contributed by atoms with Crippen molar-refractivity contribution in [2.75, 3.05) is 5.75 Å². The van der Waals surface area contributed by atoms with Crippen LogP contribution >= 0.6 is 0 Å². The summed E-state index contributed by atoms with van der Waals surface area (Å²) in [6.07, 6.45) is 1.02. The highest BCUT2D eigenvalue weighted by atomic mass is 32.2. The highest BCUT2D eigenvalue weighted by Gasteiger charge is 2.55. The van der Waals surface area contributed by atoms with Gasteiger partial charge < -0.3 is 14.0 Å². The van der Waals surface area contributed by atoms with Crippen molar-refractivity contribution >= 4 is 11.2 Å². The van der Waals surface area contributed by atoms with Crippen molar-refractivity contribution in [2.24, 2.45) is 0 Å². The Morgan fingerprint density at radius 2 is 2.15 bits per heavy atom. The minimum Gasteiger partial charge on any atom is -0.616 e. The fraction of sp³-hybridized carbons (Fsp3) is 1.00. The third kappa shape index (κ3) is 1.61. The zero-order valence-electron chi connectivity index (χ0n) is 8.28. The second-order valence-electron chi connectivity index (χ2n) is 4.13. The maximum absolute atomic E-state index is 11.6. The molecule has 0 saturated carbocycles. The second kappa shape index (κ2) is 3.12. The lowest BCUT2D eigenvalue weighted by Gasteiger charge is -2.22. The fourth-order valence-electron chi connectivity index (χ4n) is 2.16. The first kappa shape index (κ1) is 9.77. The van der Waals surface area contributed by atoms with Crippen LogP contribution in [0.1, 0.15) is 27.2 Å². The molecule has 0 amide bonds. The van der Waals surface area contributed by atoms with E-state index in [0.29, 0.717) is 5.75 Å². The highest BCUT2D eigenvalue weighted by Crippen LogP contribution is 2.39. The van der Waals surface area contributed by atoms with E-state index in [2.05, 4.69) is 6.92 Å². The zero-order valence-corrected chi connectivity index (χ0v) is 9.10. The molecule has 4 atom stereocenters. The van der Waals surface area contributed by atoms with E-state index in [0.717, 1.165) is 6.42 Å². The van der Waals surface area contributed by atoms with E-state index in [4.69, 9.17) is 9.47 Å². The summed E-state index contributed by atoms with van der Waals surface area (Å²) in [5.74, 6) is 0.167. The minimum absolute atomic E-state index is 0.0563. The Balaban J connectivity index is 2.10. The molecule has 0 aromatic heterocycles. The normalized spacial score (nSPS) is 48.0. The smallest absolute Gasteiger partial charge is 0.164 e. The van der Waals surface area contributed by atoms with Crippen LogP contribution in [0.5, 0.6) is 0 Å². The zero-order chi connectivity index (χ0) is 9.64. The maximum atomic E-state index is 11.6. The molecule has 0 N–H and O–H groups in total. The summed E-state index contributed by atoms with van der Waals surface area (Å²) in [5.41, 5.74) is 0. The van der Waals surface area contributed by atoms with Crippen LogP contribution in [-0.4, -0.2) is 33.6 Å². The third-order valence-electron chi connectivity index (χ3n) is 2.66. The van der Waals surface area contributed by atoms with Crippen LogP contribution in [0.4, 0.5) is 0 Å². The molecule has 13 heavy (non-hydrogen) atoms. The summed E-state index contributed by atoms with van der Waals surface area (Å²) in [6.45, 7) is 5.89. The van der Waals surface area contributed by atoms with E-state index in [1.54, 1.807) is 0 Å². The first-order valence-corrected chi connectivity index (χ1v) is 6.14. The Bertz CT molecular complexity index is 207. The van der Waals surface area contributed by atoms with E-state index in [9.17, 15) is 4.55 Å². The standard InChI is InChI=1S/C9H16O3S/c1-4-7-8-6(5-13(7)10)11-9(2,3)12-8/h6-8H,4-5H2,1-3H3/t6-,7+,8-,13+/m0/s1. The molecule has 0 aliphatic carbocycles. The Morgan fingerprint density at radius 3 is 2.77 bits per heavy atom. The van der Waals surface area contributed by atoms with Crippen LogP contribution in [0.15, 0.2) is 0 Å². The predicted molar refractivity (Wildman–Crippen MR) is 50.9 cm³/mol. The van der Waals surface area contributed by atoms with Crippen molar-refractivity contribution in [2.45, 2.75) is 50.4 Å². The molecule has 2 aliphatic heterocycles. The quantitative estimate of drug-likeness (QED) is 0.599. The molecule has 2 heterocycles. The van der Waals surface area contributed by atoms with Crippen molar-refractivity contribution in [1.82, 2.24) is 0 Å². The van der Waals surface area contributed by atoms with Crippen LogP contribution in [0.3, 0.4) is 0 Å². The second-order valence-corrected chi connectivity index (χ2v) is 5.83. The molecule has 4 heteroatoms. The van der Waals surface area contributed by atoms with Gasteiger partial charge in [0.15, 0.2) is 5.79 Å². The van der Waals surface area contributed by atoms with Gasteiger partial charge in [-0.25, -0.2) is 0 Å². The average Bonchev–Trinajstić information content (AvgIpc) is 2.39. The van der Waals surface area contributed by atoms with Crippen molar-refractivity contribution in [3.8, 4) is 0 Å². The van der Waals surface area contributed by atoms with E-state index in [1.807, 2.05) is 13.8 Å². The molecule has 2 aliphatic rings. The molecular weight excluding hydrogens is 188 g/mol. The van der Waals surface area contributed by atoms with E-state index in [-0.39, 0.29) is 17.5 Å². The molecule has 2 saturated heterocycles. The van der Waals surface area contributed by atoms with Gasteiger partial charge in [0, 0.05) is 0 Å². The van der Waals surface area contributed by atoms with Gasteiger partial charge in [-0.05, 0) is 31.4 Å². The van der Waals surface area contributed by atoms with Gasteiger partial charge in [0.2, 0.25) is 0 Å². The van der Waals surface area contributed by atoms with Gasteiger partial charge in [-0.3, -0.25) is 0 Å². The number of rotatable bonds is 1.